The summed E-state index contributed by atoms with van der Waals surface area (Å²) in [5.74, 6) is 0.884. The fourth-order valence-corrected chi connectivity index (χ4v) is 4.42. The molecule has 0 aromatic carbocycles. The van der Waals surface area contributed by atoms with Crippen molar-refractivity contribution in [2.75, 3.05) is 0 Å². The monoisotopic (exact) mass is 463 g/mol. The Balaban J connectivity index is 3.28. The zero-order valence-electron chi connectivity index (χ0n) is 17.7. The Morgan fingerprint density at radius 2 is 0.760 bits per heavy atom. The lowest BCUT2D eigenvalue weighted by molar-refractivity contribution is 0.458. The molecule has 0 fully saturated rings. The van der Waals surface area contributed by atoms with E-state index in [9.17, 15) is 0 Å². The predicted molar refractivity (Wildman–Crippen MR) is 125 cm³/mol. The normalized spacial score (nSPS) is 12.6. The molecule has 0 saturated carbocycles. The van der Waals surface area contributed by atoms with Crippen molar-refractivity contribution in [3.8, 4) is 0 Å². The van der Waals surface area contributed by atoms with Crippen LogP contribution in [0.3, 0.4) is 0 Å². The van der Waals surface area contributed by atoms with Crippen LogP contribution in [-0.2, 0) is 0 Å². The molecule has 0 saturated heterocycles. The van der Waals surface area contributed by atoms with Crippen LogP contribution in [-0.4, -0.2) is 0 Å². The summed E-state index contributed by atoms with van der Waals surface area (Å²) >= 11 is 2.50. The molecule has 0 bridgehead atoms. The minimum Gasteiger partial charge on any atom is -0.0812 e. The van der Waals surface area contributed by atoms with E-state index in [1.165, 1.54) is 128 Å². The second-order valence-electron chi connectivity index (χ2n) is 8.12. The summed E-state index contributed by atoms with van der Waals surface area (Å²) in [4.78, 5) is 0. The molecule has 1 radical (unpaired) electrons. The van der Waals surface area contributed by atoms with Crippen molar-refractivity contribution >= 4 is 22.6 Å². The number of hydrogen-bond acceptors (Lipinski definition) is 0. The first kappa shape index (κ1) is 25.7. The molecule has 151 valence electrons. The minimum absolute atomic E-state index is 0.884. The maximum absolute atomic E-state index is 2.50. The van der Waals surface area contributed by atoms with Crippen LogP contribution in [0.5, 0.6) is 0 Å². The van der Waals surface area contributed by atoms with E-state index in [0.717, 1.165) is 5.92 Å². The van der Waals surface area contributed by atoms with Crippen LogP contribution in [0.25, 0.3) is 0 Å². The van der Waals surface area contributed by atoms with Crippen LogP contribution in [0.15, 0.2) is 0 Å². The Labute approximate surface area is 174 Å². The lowest BCUT2D eigenvalue weighted by Gasteiger charge is -2.13. The van der Waals surface area contributed by atoms with E-state index in [1.54, 1.807) is 0 Å². The lowest BCUT2D eigenvalue weighted by Crippen LogP contribution is -1.98. The van der Waals surface area contributed by atoms with Gasteiger partial charge in [-0.25, -0.2) is 0 Å². The van der Waals surface area contributed by atoms with Crippen LogP contribution in [0, 0.1) is 10.3 Å². The minimum atomic E-state index is 0.884. The molecule has 0 aromatic heterocycles. The lowest BCUT2D eigenvalue weighted by atomic mass is 9.95. The number of halogens is 1. The molecule has 25 heavy (non-hydrogen) atoms. The summed E-state index contributed by atoms with van der Waals surface area (Å²) in [5.41, 5.74) is 0. The second-order valence-corrected chi connectivity index (χ2v) is 8.84. The van der Waals surface area contributed by atoms with Gasteiger partial charge in [0.05, 0.1) is 0 Å². The van der Waals surface area contributed by atoms with Gasteiger partial charge in [-0.05, 0) is 18.8 Å². The van der Waals surface area contributed by atoms with Crippen LogP contribution in [0.2, 0.25) is 0 Å². The van der Waals surface area contributed by atoms with Gasteiger partial charge in [-0.1, -0.05) is 152 Å². The first-order valence-corrected chi connectivity index (χ1v) is 13.0. The van der Waals surface area contributed by atoms with Crippen LogP contribution in [0.1, 0.15) is 142 Å². The quantitative estimate of drug-likeness (QED) is 0.117. The second kappa shape index (κ2) is 22.8. The molecule has 0 nitrogen and oxygen atoms in total. The van der Waals surface area contributed by atoms with E-state index in [2.05, 4.69) is 40.9 Å². The Morgan fingerprint density at radius 1 is 0.480 bits per heavy atom. The predicted octanol–water partition coefficient (Wildman–Crippen LogP) is 10.0. The molecule has 0 aliphatic rings. The SMILES string of the molecule is CCCCCCCCCCCCC([CH]I)CCCCCCCCCC. The molecule has 1 heteroatoms. The fraction of sp³-hybridized carbons (Fsp3) is 0.958. The molecule has 0 aliphatic carbocycles. The topological polar surface area (TPSA) is 0 Å². The van der Waals surface area contributed by atoms with E-state index < -0.39 is 0 Å². The largest absolute Gasteiger partial charge is 0.0812 e. The zero-order valence-corrected chi connectivity index (χ0v) is 19.8. The van der Waals surface area contributed by atoms with Gasteiger partial charge < -0.3 is 0 Å². The summed E-state index contributed by atoms with van der Waals surface area (Å²) in [6.07, 6.45) is 29.0. The standard InChI is InChI=1S/C24H48I/c1-3-5-7-9-11-13-14-16-18-20-22-24(23-25)21-19-17-15-12-10-8-6-4-2/h23-24H,3-22H2,1-2H3. The molecule has 0 heterocycles. The highest BCUT2D eigenvalue weighted by Gasteiger charge is 2.07. The molecule has 0 rings (SSSR count). The van der Waals surface area contributed by atoms with Crippen molar-refractivity contribution in [2.24, 2.45) is 5.92 Å². The van der Waals surface area contributed by atoms with E-state index in [4.69, 9.17) is 0 Å². The van der Waals surface area contributed by atoms with Gasteiger partial charge in [0, 0.05) is 4.43 Å². The van der Waals surface area contributed by atoms with Gasteiger partial charge in [0.2, 0.25) is 0 Å². The van der Waals surface area contributed by atoms with Gasteiger partial charge in [0.25, 0.3) is 0 Å². The summed E-state index contributed by atoms with van der Waals surface area (Å²) in [6, 6.07) is 0. The third-order valence-corrected chi connectivity index (χ3v) is 6.55. The number of unbranched alkanes of at least 4 members (excludes halogenated alkanes) is 16. The smallest absolute Gasteiger partial charge is 0.0258 e. The van der Waals surface area contributed by atoms with Crippen LogP contribution >= 0.6 is 22.6 Å². The van der Waals surface area contributed by atoms with E-state index in [0.29, 0.717) is 0 Å². The molecule has 0 aliphatic heterocycles. The third kappa shape index (κ3) is 20.9. The Bertz CT molecular complexity index is 226. The molecule has 0 amide bonds. The molecular formula is C24H48I. The molecular weight excluding hydrogens is 415 g/mol. The first-order chi connectivity index (χ1) is 12.3. The van der Waals surface area contributed by atoms with E-state index in [-0.39, 0.29) is 0 Å². The van der Waals surface area contributed by atoms with E-state index >= 15 is 0 Å². The highest BCUT2D eigenvalue weighted by molar-refractivity contribution is 14.1. The average molecular weight is 464 g/mol. The van der Waals surface area contributed by atoms with Crippen molar-refractivity contribution in [3.05, 3.63) is 4.43 Å². The summed E-state index contributed by atoms with van der Waals surface area (Å²) in [6.45, 7) is 4.60. The Kier molecular flexibility index (Phi) is 23.4. The summed E-state index contributed by atoms with van der Waals surface area (Å²) in [7, 11) is 0. The van der Waals surface area contributed by atoms with Crippen molar-refractivity contribution in [3.63, 3.8) is 0 Å². The molecule has 0 spiro atoms. The van der Waals surface area contributed by atoms with Gasteiger partial charge in [0.1, 0.15) is 0 Å². The van der Waals surface area contributed by atoms with Gasteiger partial charge >= 0.3 is 0 Å². The summed E-state index contributed by atoms with van der Waals surface area (Å²) in [5, 5.41) is 0. The van der Waals surface area contributed by atoms with Crippen LogP contribution < -0.4 is 0 Å². The van der Waals surface area contributed by atoms with Gasteiger partial charge in [0.15, 0.2) is 0 Å². The fourth-order valence-electron chi connectivity index (χ4n) is 3.70. The first-order valence-electron chi connectivity index (χ1n) is 11.8. The summed E-state index contributed by atoms with van der Waals surface area (Å²) < 4.78 is 2.45. The average Bonchev–Trinajstić information content (AvgIpc) is 2.63. The molecule has 1 unspecified atom stereocenters. The Morgan fingerprint density at radius 3 is 1.04 bits per heavy atom. The van der Waals surface area contributed by atoms with Gasteiger partial charge in [-0.2, -0.15) is 0 Å². The molecule has 0 N–H and O–H groups in total. The molecule has 0 aromatic rings. The number of hydrogen-bond donors (Lipinski definition) is 0. The highest BCUT2D eigenvalue weighted by Crippen LogP contribution is 2.24. The van der Waals surface area contributed by atoms with Gasteiger partial charge in [-0.3, -0.25) is 0 Å². The maximum atomic E-state index is 2.50. The van der Waals surface area contributed by atoms with Crippen molar-refractivity contribution in [1.82, 2.24) is 0 Å². The third-order valence-electron chi connectivity index (χ3n) is 5.54. The van der Waals surface area contributed by atoms with E-state index in [1.807, 2.05) is 0 Å². The molecule has 1 atom stereocenters. The van der Waals surface area contributed by atoms with Crippen molar-refractivity contribution in [2.45, 2.75) is 142 Å². The zero-order chi connectivity index (χ0) is 18.4. The highest BCUT2D eigenvalue weighted by atomic mass is 127. The Hall–Kier alpha value is 0.730. The van der Waals surface area contributed by atoms with Crippen molar-refractivity contribution in [1.29, 1.82) is 0 Å². The maximum Gasteiger partial charge on any atom is 0.0258 e. The number of rotatable bonds is 21. The van der Waals surface area contributed by atoms with Crippen LogP contribution in [0.4, 0.5) is 0 Å². The van der Waals surface area contributed by atoms with Gasteiger partial charge in [-0.15, -0.1) is 0 Å². The van der Waals surface area contributed by atoms with Crippen molar-refractivity contribution < 1.29 is 0 Å².